The second-order valence-electron chi connectivity index (χ2n) is 9.18. The molecule has 3 rings (SSSR count). The Hall–Kier alpha value is -1.30. The zero-order valence-electron chi connectivity index (χ0n) is 17.6. The van der Waals surface area contributed by atoms with Crippen molar-refractivity contribution >= 4 is 11.9 Å². The maximum Gasteiger partial charge on any atom is 0.220 e. The van der Waals surface area contributed by atoms with Crippen molar-refractivity contribution in [2.45, 2.75) is 70.3 Å². The molecule has 1 spiro atoms. The van der Waals surface area contributed by atoms with Crippen LogP contribution in [-0.4, -0.2) is 74.0 Å². The monoisotopic (exact) mass is 377 g/mol. The predicted molar refractivity (Wildman–Crippen MR) is 111 cm³/mol. The normalized spacial score (nSPS) is 29.1. The molecule has 3 fully saturated rings. The van der Waals surface area contributed by atoms with Gasteiger partial charge in [-0.3, -0.25) is 9.79 Å². The van der Waals surface area contributed by atoms with E-state index in [-0.39, 0.29) is 16.9 Å². The summed E-state index contributed by atoms with van der Waals surface area (Å²) in [4.78, 5) is 21.8. The van der Waals surface area contributed by atoms with Gasteiger partial charge in [-0.25, -0.2) is 0 Å². The number of nitrogens with zero attached hydrogens (tertiary/aromatic N) is 3. The van der Waals surface area contributed by atoms with Crippen LogP contribution in [-0.2, 0) is 4.79 Å². The van der Waals surface area contributed by atoms with Crippen LogP contribution in [0.5, 0.6) is 0 Å². The Morgan fingerprint density at radius 1 is 1.19 bits per heavy atom. The van der Waals surface area contributed by atoms with E-state index >= 15 is 0 Å². The van der Waals surface area contributed by atoms with Gasteiger partial charge in [-0.05, 0) is 46.7 Å². The summed E-state index contributed by atoms with van der Waals surface area (Å²) in [5, 5.41) is 6.58. The average molecular weight is 378 g/mol. The SMILES string of the molecule is CCNC(=NCC1(N(C)C)CCCCCC1)N1CCCC2(CNC(=O)C2)C1. The van der Waals surface area contributed by atoms with Crippen molar-refractivity contribution < 1.29 is 4.79 Å². The van der Waals surface area contributed by atoms with Crippen LogP contribution in [0, 0.1) is 5.41 Å². The topological polar surface area (TPSA) is 60.0 Å². The van der Waals surface area contributed by atoms with Gasteiger partial charge in [-0.15, -0.1) is 0 Å². The average Bonchev–Trinajstić information content (AvgIpc) is 2.85. The maximum absolute atomic E-state index is 11.8. The number of guanidine groups is 1. The number of aliphatic imine (C=N–C) groups is 1. The van der Waals surface area contributed by atoms with Crippen LogP contribution in [0.3, 0.4) is 0 Å². The Bertz CT molecular complexity index is 539. The summed E-state index contributed by atoms with van der Waals surface area (Å²) < 4.78 is 0. The Morgan fingerprint density at radius 2 is 1.93 bits per heavy atom. The summed E-state index contributed by atoms with van der Waals surface area (Å²) >= 11 is 0. The van der Waals surface area contributed by atoms with Crippen LogP contribution in [0.15, 0.2) is 4.99 Å². The lowest BCUT2D eigenvalue weighted by atomic mass is 9.79. The lowest BCUT2D eigenvalue weighted by molar-refractivity contribution is -0.119. The third kappa shape index (κ3) is 4.76. The molecular formula is C21H39N5O. The second kappa shape index (κ2) is 8.80. The number of likely N-dealkylation sites (tertiary alicyclic amines) is 1. The molecule has 2 aliphatic heterocycles. The van der Waals surface area contributed by atoms with Crippen molar-refractivity contribution in [2.75, 3.05) is 46.8 Å². The molecule has 27 heavy (non-hydrogen) atoms. The Kier molecular flexibility index (Phi) is 6.66. The van der Waals surface area contributed by atoms with Gasteiger partial charge in [0.05, 0.1) is 6.54 Å². The Morgan fingerprint density at radius 3 is 2.52 bits per heavy atom. The first-order valence-corrected chi connectivity index (χ1v) is 11.0. The molecule has 1 unspecified atom stereocenters. The molecular weight excluding hydrogens is 338 g/mol. The van der Waals surface area contributed by atoms with Crippen molar-refractivity contribution in [3.63, 3.8) is 0 Å². The summed E-state index contributed by atoms with van der Waals surface area (Å²) in [7, 11) is 4.44. The van der Waals surface area contributed by atoms with E-state index in [4.69, 9.17) is 4.99 Å². The molecule has 0 radical (unpaired) electrons. The highest BCUT2D eigenvalue weighted by Gasteiger charge is 2.42. The number of likely N-dealkylation sites (N-methyl/N-ethyl adjacent to an activating group) is 1. The minimum absolute atomic E-state index is 0.104. The smallest absolute Gasteiger partial charge is 0.220 e. The summed E-state index contributed by atoms with van der Waals surface area (Å²) in [6.07, 6.45) is 10.8. The quantitative estimate of drug-likeness (QED) is 0.448. The molecule has 0 aromatic rings. The van der Waals surface area contributed by atoms with E-state index in [9.17, 15) is 4.79 Å². The number of carbonyl (C=O) groups is 1. The molecule has 6 nitrogen and oxygen atoms in total. The fourth-order valence-corrected chi connectivity index (χ4v) is 5.21. The van der Waals surface area contributed by atoms with Crippen molar-refractivity contribution in [1.29, 1.82) is 0 Å². The molecule has 0 aromatic heterocycles. The first kappa shape index (κ1) is 20.4. The highest BCUT2D eigenvalue weighted by Crippen LogP contribution is 2.36. The van der Waals surface area contributed by atoms with E-state index in [1.54, 1.807) is 0 Å². The zero-order chi connectivity index (χ0) is 19.3. The van der Waals surface area contributed by atoms with Crippen LogP contribution < -0.4 is 10.6 Å². The molecule has 1 amide bonds. The fourth-order valence-electron chi connectivity index (χ4n) is 5.21. The van der Waals surface area contributed by atoms with Gasteiger partial charge in [0.1, 0.15) is 0 Å². The highest BCUT2D eigenvalue weighted by molar-refractivity contribution is 5.81. The van der Waals surface area contributed by atoms with Crippen LogP contribution in [0.4, 0.5) is 0 Å². The summed E-state index contributed by atoms with van der Waals surface area (Å²) in [6.45, 7) is 6.69. The van der Waals surface area contributed by atoms with Crippen molar-refractivity contribution in [2.24, 2.45) is 10.4 Å². The van der Waals surface area contributed by atoms with Gasteiger partial charge in [0.15, 0.2) is 5.96 Å². The third-order valence-corrected chi connectivity index (χ3v) is 7.00. The van der Waals surface area contributed by atoms with E-state index in [1.165, 1.54) is 38.5 Å². The number of nitrogens with one attached hydrogen (secondary N) is 2. The molecule has 1 saturated carbocycles. The van der Waals surface area contributed by atoms with Gasteiger partial charge in [0, 0.05) is 43.6 Å². The molecule has 2 saturated heterocycles. The number of hydrogen-bond donors (Lipinski definition) is 2. The standard InChI is InChI=1S/C21H39N5O/c1-4-22-19(24-16-21(25(2)3)11-7-5-6-8-12-21)26-13-9-10-20(17-26)14-18(27)23-15-20/h4-17H2,1-3H3,(H,22,24)(H,23,27). The highest BCUT2D eigenvalue weighted by atomic mass is 16.1. The van der Waals surface area contributed by atoms with Crippen molar-refractivity contribution in [3.05, 3.63) is 0 Å². The van der Waals surface area contributed by atoms with Gasteiger partial charge < -0.3 is 20.4 Å². The van der Waals surface area contributed by atoms with Gasteiger partial charge >= 0.3 is 0 Å². The molecule has 0 aromatic carbocycles. The van der Waals surface area contributed by atoms with Crippen LogP contribution >= 0.6 is 0 Å². The third-order valence-electron chi connectivity index (χ3n) is 7.00. The largest absolute Gasteiger partial charge is 0.357 e. The summed E-state index contributed by atoms with van der Waals surface area (Å²) in [5.74, 6) is 1.25. The first-order chi connectivity index (χ1) is 13.0. The molecule has 2 heterocycles. The molecule has 154 valence electrons. The molecule has 1 atom stereocenters. The number of hydrogen-bond acceptors (Lipinski definition) is 3. The van der Waals surface area contributed by atoms with E-state index in [0.717, 1.165) is 51.5 Å². The first-order valence-electron chi connectivity index (χ1n) is 11.0. The van der Waals surface area contributed by atoms with E-state index < -0.39 is 0 Å². The minimum Gasteiger partial charge on any atom is -0.357 e. The minimum atomic E-state index is 0.104. The Labute approximate surface area is 165 Å². The van der Waals surface area contributed by atoms with Crippen LogP contribution in [0.25, 0.3) is 0 Å². The van der Waals surface area contributed by atoms with E-state index in [0.29, 0.717) is 6.42 Å². The second-order valence-corrected chi connectivity index (χ2v) is 9.18. The van der Waals surface area contributed by atoms with Crippen LogP contribution in [0.2, 0.25) is 0 Å². The molecule has 0 bridgehead atoms. The molecule has 3 aliphatic rings. The Balaban J connectivity index is 1.74. The lowest BCUT2D eigenvalue weighted by Crippen LogP contribution is -2.52. The molecule has 6 heteroatoms. The summed E-state index contributed by atoms with van der Waals surface area (Å²) in [5.41, 5.74) is 0.294. The fraction of sp³-hybridized carbons (Fsp3) is 0.905. The number of piperidine rings is 1. The van der Waals surface area contributed by atoms with Gasteiger partial charge in [-0.1, -0.05) is 25.7 Å². The van der Waals surface area contributed by atoms with Crippen molar-refractivity contribution in [3.8, 4) is 0 Å². The zero-order valence-corrected chi connectivity index (χ0v) is 17.6. The lowest BCUT2D eigenvalue weighted by Gasteiger charge is -2.42. The number of carbonyl (C=O) groups excluding carboxylic acids is 1. The van der Waals surface area contributed by atoms with Gasteiger partial charge in [0.2, 0.25) is 5.91 Å². The summed E-state index contributed by atoms with van der Waals surface area (Å²) in [6, 6.07) is 0. The van der Waals surface area contributed by atoms with E-state index in [2.05, 4.69) is 41.5 Å². The number of amides is 1. The maximum atomic E-state index is 11.8. The predicted octanol–water partition coefficient (Wildman–Crippen LogP) is 2.21. The van der Waals surface area contributed by atoms with Gasteiger partial charge in [0.25, 0.3) is 0 Å². The van der Waals surface area contributed by atoms with E-state index in [1.807, 2.05) is 0 Å². The molecule has 2 N–H and O–H groups in total. The number of rotatable bonds is 4. The van der Waals surface area contributed by atoms with Crippen molar-refractivity contribution in [1.82, 2.24) is 20.4 Å². The van der Waals surface area contributed by atoms with Gasteiger partial charge in [-0.2, -0.15) is 0 Å². The molecule has 1 aliphatic carbocycles. The van der Waals surface area contributed by atoms with Crippen LogP contribution in [0.1, 0.15) is 64.7 Å².